The first kappa shape index (κ1) is 6.09. The van der Waals surface area contributed by atoms with Gasteiger partial charge in [-0.3, -0.25) is 0 Å². The van der Waals surface area contributed by atoms with Crippen molar-refractivity contribution in [2.24, 2.45) is 0 Å². The van der Waals surface area contributed by atoms with Crippen LogP contribution in [0, 0.1) is 7.05 Å². The molecule has 1 atom stereocenters. The number of nitrogens with one attached hydrogen (secondary N) is 1. The maximum Gasteiger partial charge on any atom is 0.0633 e. The minimum absolute atomic E-state index is 0.870. The van der Waals surface area contributed by atoms with Gasteiger partial charge in [0.1, 0.15) is 0 Å². The highest BCUT2D eigenvalue weighted by Gasteiger charge is 2.16. The van der Waals surface area contributed by atoms with Crippen molar-refractivity contribution in [3.05, 3.63) is 7.05 Å². The van der Waals surface area contributed by atoms with Gasteiger partial charge in [0, 0.05) is 7.05 Å². The van der Waals surface area contributed by atoms with Gasteiger partial charge in [0.2, 0.25) is 0 Å². The van der Waals surface area contributed by atoms with Crippen LogP contribution in [0.2, 0.25) is 0 Å². The Kier molecular flexibility index (Phi) is 1.90. The number of hydrogen-bond acceptors (Lipinski definition) is 0. The van der Waals surface area contributed by atoms with Crippen molar-refractivity contribution in [3.63, 3.8) is 0 Å². The van der Waals surface area contributed by atoms with Crippen LogP contribution in [0.25, 0.3) is 0 Å². The molecular formula is C7H15N. The van der Waals surface area contributed by atoms with Crippen LogP contribution < -0.4 is 4.90 Å². The normalized spacial score (nSPS) is 26.2. The molecular weight excluding hydrogens is 98.1 g/mol. The first-order valence-electron chi connectivity index (χ1n) is 3.46. The molecule has 1 aliphatic carbocycles. The fourth-order valence-electron chi connectivity index (χ4n) is 1.42. The quantitative estimate of drug-likeness (QED) is 0.464. The molecule has 8 heavy (non-hydrogen) atoms. The summed E-state index contributed by atoms with van der Waals surface area (Å²) in [7, 11) is 6.09. The number of hydrogen-bond donors (Lipinski definition) is 1. The average molecular weight is 113 g/mol. The molecule has 0 radical (unpaired) electrons. The summed E-state index contributed by atoms with van der Waals surface area (Å²) >= 11 is 0. The van der Waals surface area contributed by atoms with Crippen LogP contribution >= 0.6 is 0 Å². The SMILES string of the molecule is [CH2-][NH+](C)C1CCCC1. The summed E-state index contributed by atoms with van der Waals surface area (Å²) < 4.78 is 0. The second-order valence-electron chi connectivity index (χ2n) is 2.83. The van der Waals surface area contributed by atoms with Crippen molar-refractivity contribution in [3.8, 4) is 0 Å². The van der Waals surface area contributed by atoms with Gasteiger partial charge in [-0.1, -0.05) is 0 Å². The zero-order valence-corrected chi connectivity index (χ0v) is 5.61. The predicted molar refractivity (Wildman–Crippen MR) is 34.5 cm³/mol. The lowest BCUT2D eigenvalue weighted by Gasteiger charge is -2.21. The van der Waals surface area contributed by atoms with E-state index in [1.165, 1.54) is 30.6 Å². The Morgan fingerprint density at radius 3 is 2.12 bits per heavy atom. The molecule has 1 aliphatic rings. The fraction of sp³-hybridized carbons (Fsp3) is 0.857. The third kappa shape index (κ3) is 1.22. The molecule has 0 heterocycles. The van der Waals surface area contributed by atoms with E-state index >= 15 is 0 Å². The van der Waals surface area contributed by atoms with Gasteiger partial charge < -0.3 is 4.90 Å². The van der Waals surface area contributed by atoms with E-state index in [1.54, 1.807) is 0 Å². The van der Waals surface area contributed by atoms with E-state index in [1.807, 2.05) is 0 Å². The van der Waals surface area contributed by atoms with E-state index in [4.69, 9.17) is 0 Å². The molecule has 0 aromatic rings. The fourth-order valence-corrected chi connectivity index (χ4v) is 1.42. The molecule has 48 valence electrons. The largest absolute Gasteiger partial charge is 0.468 e. The second-order valence-corrected chi connectivity index (χ2v) is 2.83. The second kappa shape index (κ2) is 2.49. The topological polar surface area (TPSA) is 4.44 Å². The molecule has 1 unspecified atom stereocenters. The highest BCUT2D eigenvalue weighted by Crippen LogP contribution is 2.14. The van der Waals surface area contributed by atoms with E-state index in [-0.39, 0.29) is 0 Å². The first-order valence-corrected chi connectivity index (χ1v) is 3.46. The summed E-state index contributed by atoms with van der Waals surface area (Å²) in [6, 6.07) is 0.870. The van der Waals surface area contributed by atoms with Crippen molar-refractivity contribution < 1.29 is 4.90 Å². The lowest BCUT2D eigenvalue weighted by Crippen LogP contribution is -3.07. The molecule has 0 aromatic carbocycles. The van der Waals surface area contributed by atoms with Gasteiger partial charge in [-0.15, -0.1) is 0 Å². The molecule has 0 aliphatic heterocycles. The Morgan fingerprint density at radius 1 is 1.38 bits per heavy atom. The Hall–Kier alpha value is -0.0400. The minimum Gasteiger partial charge on any atom is -0.468 e. The Morgan fingerprint density at radius 2 is 1.88 bits per heavy atom. The van der Waals surface area contributed by atoms with Gasteiger partial charge in [-0.05, 0) is 25.7 Å². The van der Waals surface area contributed by atoms with Crippen LogP contribution in [0.1, 0.15) is 25.7 Å². The molecule has 0 bridgehead atoms. The molecule has 1 heteroatoms. The van der Waals surface area contributed by atoms with Gasteiger partial charge in [-0.2, -0.15) is 7.05 Å². The van der Waals surface area contributed by atoms with Crippen molar-refractivity contribution in [1.29, 1.82) is 0 Å². The summed E-state index contributed by atoms with van der Waals surface area (Å²) in [6.07, 6.45) is 5.65. The summed E-state index contributed by atoms with van der Waals surface area (Å²) in [5.74, 6) is 0. The monoisotopic (exact) mass is 113 g/mol. The lowest BCUT2D eigenvalue weighted by atomic mass is 10.2. The number of quaternary nitrogens is 1. The van der Waals surface area contributed by atoms with E-state index < -0.39 is 0 Å². The lowest BCUT2D eigenvalue weighted by molar-refractivity contribution is -0.859. The summed E-state index contributed by atoms with van der Waals surface area (Å²) in [6.45, 7) is 0. The van der Waals surface area contributed by atoms with E-state index in [9.17, 15) is 0 Å². The maximum absolute atomic E-state index is 3.94. The van der Waals surface area contributed by atoms with E-state index in [0.29, 0.717) is 0 Å². The van der Waals surface area contributed by atoms with E-state index in [0.717, 1.165) is 6.04 Å². The Bertz CT molecular complexity index is 62.8. The average Bonchev–Trinajstić information content (AvgIpc) is 2.12. The Balaban J connectivity index is 2.24. The van der Waals surface area contributed by atoms with Gasteiger partial charge in [-0.25, -0.2) is 0 Å². The van der Waals surface area contributed by atoms with Crippen molar-refractivity contribution >= 4 is 0 Å². The third-order valence-corrected chi connectivity index (χ3v) is 2.05. The third-order valence-electron chi connectivity index (χ3n) is 2.05. The zero-order chi connectivity index (χ0) is 5.98. The zero-order valence-electron chi connectivity index (χ0n) is 5.61. The van der Waals surface area contributed by atoms with Crippen molar-refractivity contribution in [2.45, 2.75) is 31.7 Å². The highest BCUT2D eigenvalue weighted by atomic mass is 15.1. The van der Waals surface area contributed by atoms with Crippen molar-refractivity contribution in [2.75, 3.05) is 7.05 Å². The van der Waals surface area contributed by atoms with Crippen LogP contribution in [0.15, 0.2) is 0 Å². The number of rotatable bonds is 1. The van der Waals surface area contributed by atoms with Crippen molar-refractivity contribution in [1.82, 2.24) is 0 Å². The van der Waals surface area contributed by atoms with Crippen LogP contribution in [-0.4, -0.2) is 13.1 Å². The highest BCUT2D eigenvalue weighted by molar-refractivity contribution is 4.64. The molecule has 0 saturated heterocycles. The maximum atomic E-state index is 3.94. The molecule has 1 rings (SSSR count). The molecule has 1 nitrogen and oxygen atoms in total. The van der Waals surface area contributed by atoms with Crippen LogP contribution in [0.3, 0.4) is 0 Å². The molecule has 0 amide bonds. The molecule has 1 fully saturated rings. The molecule has 0 aromatic heterocycles. The summed E-state index contributed by atoms with van der Waals surface area (Å²) in [5.41, 5.74) is 0. The van der Waals surface area contributed by atoms with Gasteiger partial charge >= 0.3 is 0 Å². The molecule has 1 saturated carbocycles. The molecule has 0 spiro atoms. The smallest absolute Gasteiger partial charge is 0.0633 e. The van der Waals surface area contributed by atoms with E-state index in [2.05, 4.69) is 14.1 Å². The van der Waals surface area contributed by atoms with Gasteiger partial charge in [0.25, 0.3) is 0 Å². The van der Waals surface area contributed by atoms with Gasteiger partial charge in [0.05, 0.1) is 6.04 Å². The van der Waals surface area contributed by atoms with Crippen LogP contribution in [0.4, 0.5) is 0 Å². The predicted octanol–water partition coefficient (Wildman–Crippen LogP) is 0.235. The summed E-state index contributed by atoms with van der Waals surface area (Å²) in [5, 5.41) is 0. The minimum atomic E-state index is 0.870. The standard InChI is InChI=1S/C7H15N/c1-8(2)7-5-3-4-6-7/h7-8H,1,3-6H2,2H3. The first-order chi connectivity index (χ1) is 3.80. The van der Waals surface area contributed by atoms with Crippen LogP contribution in [-0.2, 0) is 0 Å². The summed E-state index contributed by atoms with van der Waals surface area (Å²) in [4.78, 5) is 1.39. The molecule has 1 N–H and O–H groups in total. The van der Waals surface area contributed by atoms with Crippen LogP contribution in [0.5, 0.6) is 0 Å². The Labute approximate surface area is 51.7 Å². The van der Waals surface area contributed by atoms with Gasteiger partial charge in [0.15, 0.2) is 0 Å².